The van der Waals surface area contributed by atoms with Crippen LogP contribution >= 0.6 is 11.8 Å². The number of nitrogens with two attached hydrogens (primary N) is 1. The molecule has 2 rings (SSSR count). The van der Waals surface area contributed by atoms with Gasteiger partial charge in [-0.05, 0) is 42.7 Å². The van der Waals surface area contributed by atoms with Crippen molar-refractivity contribution < 1.29 is 9.13 Å². The fraction of sp³-hybridized carbons (Fsp3) is 0.538. The highest BCUT2D eigenvalue weighted by atomic mass is 32.2. The van der Waals surface area contributed by atoms with Crippen LogP contribution in [0.25, 0.3) is 0 Å². The van der Waals surface area contributed by atoms with E-state index in [1.807, 2.05) is 17.8 Å². The number of thioether (sulfide) groups is 1. The van der Waals surface area contributed by atoms with E-state index in [0.717, 1.165) is 24.2 Å². The van der Waals surface area contributed by atoms with Crippen molar-refractivity contribution in [2.75, 3.05) is 19.4 Å². The van der Waals surface area contributed by atoms with Crippen molar-refractivity contribution in [3.63, 3.8) is 0 Å². The molecular weight excluding hydrogens is 237 g/mol. The summed E-state index contributed by atoms with van der Waals surface area (Å²) in [6, 6.07) is 5.18. The Morgan fingerprint density at radius 2 is 2.35 bits per heavy atom. The Labute approximate surface area is 106 Å². The number of benzene rings is 1. The van der Waals surface area contributed by atoms with Gasteiger partial charge in [0.05, 0.1) is 7.11 Å². The Morgan fingerprint density at radius 1 is 1.53 bits per heavy atom. The third-order valence-corrected chi connectivity index (χ3v) is 4.92. The molecule has 0 aliphatic carbocycles. The minimum absolute atomic E-state index is 0.112. The first-order valence-corrected chi connectivity index (χ1v) is 6.84. The van der Waals surface area contributed by atoms with E-state index in [2.05, 4.69) is 0 Å². The first kappa shape index (κ1) is 12.7. The van der Waals surface area contributed by atoms with Crippen molar-refractivity contribution in [3.8, 4) is 5.75 Å². The first-order valence-electron chi connectivity index (χ1n) is 5.85. The molecule has 1 aromatic rings. The van der Waals surface area contributed by atoms with Crippen molar-refractivity contribution in [2.45, 2.75) is 24.0 Å². The van der Waals surface area contributed by atoms with Gasteiger partial charge in [0.15, 0.2) is 11.6 Å². The van der Waals surface area contributed by atoms with Gasteiger partial charge in [-0.15, -0.1) is 0 Å². The normalized spacial score (nSPS) is 23.9. The molecule has 0 aromatic heterocycles. The molecule has 94 valence electrons. The maximum Gasteiger partial charge on any atom is 0.165 e. The molecule has 1 saturated heterocycles. The lowest BCUT2D eigenvalue weighted by molar-refractivity contribution is 0.386. The maximum absolute atomic E-state index is 13.6. The lowest BCUT2D eigenvalue weighted by Crippen LogP contribution is -2.34. The lowest BCUT2D eigenvalue weighted by atomic mass is 9.94. The number of rotatable bonds is 4. The van der Waals surface area contributed by atoms with Gasteiger partial charge in [0.25, 0.3) is 0 Å². The molecule has 1 aliphatic rings. The zero-order chi connectivity index (χ0) is 12.3. The molecule has 2 nitrogen and oxygen atoms in total. The molecule has 2 N–H and O–H groups in total. The van der Waals surface area contributed by atoms with E-state index in [-0.39, 0.29) is 10.6 Å². The zero-order valence-electron chi connectivity index (χ0n) is 10.0. The fourth-order valence-electron chi connectivity index (χ4n) is 2.32. The average Bonchev–Trinajstić information content (AvgIpc) is 2.79. The molecule has 1 unspecified atom stereocenters. The minimum Gasteiger partial charge on any atom is -0.494 e. The van der Waals surface area contributed by atoms with Crippen molar-refractivity contribution >= 4 is 11.8 Å². The van der Waals surface area contributed by atoms with Crippen LogP contribution in [0.5, 0.6) is 5.75 Å². The number of methoxy groups -OCH3 is 1. The Kier molecular flexibility index (Phi) is 3.94. The van der Waals surface area contributed by atoms with E-state index >= 15 is 0 Å². The second-order valence-electron chi connectivity index (χ2n) is 4.48. The Balaban J connectivity index is 2.15. The van der Waals surface area contributed by atoms with Gasteiger partial charge in [0, 0.05) is 11.3 Å². The first-order chi connectivity index (χ1) is 8.19. The summed E-state index contributed by atoms with van der Waals surface area (Å²) in [5.74, 6) is 1.17. The van der Waals surface area contributed by atoms with Gasteiger partial charge >= 0.3 is 0 Å². The smallest absolute Gasteiger partial charge is 0.165 e. The molecule has 1 atom stereocenters. The molecule has 0 spiro atoms. The summed E-state index contributed by atoms with van der Waals surface area (Å²) in [5, 5.41) is 0. The predicted octanol–water partition coefficient (Wildman–Crippen LogP) is 2.60. The summed E-state index contributed by atoms with van der Waals surface area (Å²) in [6.07, 6.45) is 3.18. The molecule has 1 aliphatic heterocycles. The monoisotopic (exact) mass is 255 g/mol. The molecule has 0 radical (unpaired) electrons. The number of halogens is 1. The highest BCUT2D eigenvalue weighted by Crippen LogP contribution is 2.40. The van der Waals surface area contributed by atoms with E-state index in [1.54, 1.807) is 12.1 Å². The van der Waals surface area contributed by atoms with Crippen molar-refractivity contribution in [2.24, 2.45) is 5.73 Å². The van der Waals surface area contributed by atoms with Gasteiger partial charge in [-0.1, -0.05) is 6.07 Å². The molecule has 1 heterocycles. The van der Waals surface area contributed by atoms with Gasteiger partial charge in [-0.3, -0.25) is 0 Å². The lowest BCUT2D eigenvalue weighted by Gasteiger charge is -2.26. The SMILES string of the molecule is COc1ccc(CC2(CN)CCCS2)cc1F. The highest BCUT2D eigenvalue weighted by molar-refractivity contribution is 8.00. The topological polar surface area (TPSA) is 35.2 Å². The van der Waals surface area contributed by atoms with E-state index in [0.29, 0.717) is 12.3 Å². The number of hydrogen-bond acceptors (Lipinski definition) is 3. The molecule has 17 heavy (non-hydrogen) atoms. The molecule has 1 fully saturated rings. The van der Waals surface area contributed by atoms with Crippen molar-refractivity contribution in [3.05, 3.63) is 29.6 Å². The van der Waals surface area contributed by atoms with Gasteiger partial charge in [0.1, 0.15) is 0 Å². The summed E-state index contributed by atoms with van der Waals surface area (Å²) in [5.41, 5.74) is 6.87. The maximum atomic E-state index is 13.6. The summed E-state index contributed by atoms with van der Waals surface area (Å²) in [6.45, 7) is 0.658. The van der Waals surface area contributed by atoms with Gasteiger partial charge in [-0.2, -0.15) is 11.8 Å². The van der Waals surface area contributed by atoms with Crippen LogP contribution in [0.3, 0.4) is 0 Å². The van der Waals surface area contributed by atoms with Gasteiger partial charge in [0.2, 0.25) is 0 Å². The Bertz CT molecular complexity index is 391. The molecule has 4 heteroatoms. The third kappa shape index (κ3) is 2.75. The zero-order valence-corrected chi connectivity index (χ0v) is 10.9. The standard InChI is InChI=1S/C13H18FNOS/c1-16-12-4-3-10(7-11(12)14)8-13(9-15)5-2-6-17-13/h3-4,7H,2,5-6,8-9,15H2,1H3. The quantitative estimate of drug-likeness (QED) is 0.898. The van der Waals surface area contributed by atoms with Crippen LogP contribution < -0.4 is 10.5 Å². The molecule has 0 amide bonds. The van der Waals surface area contributed by atoms with Crippen LogP contribution in [-0.4, -0.2) is 24.2 Å². The highest BCUT2D eigenvalue weighted by Gasteiger charge is 2.33. The molecule has 0 saturated carbocycles. The summed E-state index contributed by atoms with van der Waals surface area (Å²) >= 11 is 1.92. The van der Waals surface area contributed by atoms with Gasteiger partial charge in [-0.25, -0.2) is 4.39 Å². The molecule has 1 aromatic carbocycles. The van der Waals surface area contributed by atoms with Crippen LogP contribution in [-0.2, 0) is 6.42 Å². The van der Waals surface area contributed by atoms with Gasteiger partial charge < -0.3 is 10.5 Å². The van der Waals surface area contributed by atoms with Crippen LogP contribution in [0.2, 0.25) is 0 Å². The largest absolute Gasteiger partial charge is 0.494 e. The van der Waals surface area contributed by atoms with Crippen LogP contribution in [0.1, 0.15) is 18.4 Å². The van der Waals surface area contributed by atoms with Crippen LogP contribution in [0.4, 0.5) is 4.39 Å². The second kappa shape index (κ2) is 5.27. The van der Waals surface area contributed by atoms with Crippen LogP contribution in [0, 0.1) is 5.82 Å². The Hall–Kier alpha value is -0.740. The van der Waals surface area contributed by atoms with Crippen molar-refractivity contribution in [1.82, 2.24) is 0 Å². The summed E-state index contributed by atoms with van der Waals surface area (Å²) in [4.78, 5) is 0. The van der Waals surface area contributed by atoms with E-state index < -0.39 is 0 Å². The molecular formula is C13H18FNOS. The van der Waals surface area contributed by atoms with E-state index in [1.165, 1.54) is 13.5 Å². The fourth-order valence-corrected chi connectivity index (χ4v) is 3.72. The molecule has 0 bridgehead atoms. The predicted molar refractivity (Wildman–Crippen MR) is 70.1 cm³/mol. The Morgan fingerprint density at radius 3 is 2.88 bits per heavy atom. The summed E-state index contributed by atoms with van der Waals surface area (Å²) < 4.78 is 18.6. The van der Waals surface area contributed by atoms with E-state index in [4.69, 9.17) is 10.5 Å². The number of hydrogen-bond donors (Lipinski definition) is 1. The third-order valence-electron chi connectivity index (χ3n) is 3.30. The van der Waals surface area contributed by atoms with E-state index in [9.17, 15) is 4.39 Å². The summed E-state index contributed by atoms with van der Waals surface area (Å²) in [7, 11) is 1.48. The minimum atomic E-state index is -0.292. The average molecular weight is 255 g/mol. The van der Waals surface area contributed by atoms with Crippen LogP contribution in [0.15, 0.2) is 18.2 Å². The number of ether oxygens (including phenoxy) is 1. The van der Waals surface area contributed by atoms with Crippen molar-refractivity contribution in [1.29, 1.82) is 0 Å². The second-order valence-corrected chi connectivity index (χ2v) is 6.05.